The summed E-state index contributed by atoms with van der Waals surface area (Å²) < 4.78 is 0. The highest BCUT2D eigenvalue weighted by Crippen LogP contribution is 2.26. The lowest BCUT2D eigenvalue weighted by molar-refractivity contribution is -0.384. The van der Waals surface area contributed by atoms with Crippen molar-refractivity contribution in [2.24, 2.45) is 0 Å². The predicted octanol–water partition coefficient (Wildman–Crippen LogP) is 2.83. The molecule has 18 heavy (non-hydrogen) atoms. The van der Waals surface area contributed by atoms with Crippen molar-refractivity contribution in [1.82, 2.24) is 4.98 Å². The zero-order valence-corrected chi connectivity index (χ0v) is 9.77. The number of amides is 1. The third-order valence-electron chi connectivity index (χ3n) is 2.25. The van der Waals surface area contributed by atoms with Gasteiger partial charge in [-0.3, -0.25) is 14.9 Å². The third kappa shape index (κ3) is 2.49. The number of nitrogens with one attached hydrogen (secondary N) is 2. The monoisotopic (exact) mass is 265 g/mol. The highest BCUT2D eigenvalue weighted by atomic mass is 35.5. The number of halogens is 1. The summed E-state index contributed by atoms with van der Waals surface area (Å²) in [7, 11) is 0. The lowest BCUT2D eigenvalue weighted by Crippen LogP contribution is -2.12. The van der Waals surface area contributed by atoms with Gasteiger partial charge in [0.15, 0.2) is 0 Å². The second-order valence-corrected chi connectivity index (χ2v) is 3.87. The van der Waals surface area contributed by atoms with E-state index in [1.807, 2.05) is 0 Å². The van der Waals surface area contributed by atoms with Gasteiger partial charge >= 0.3 is 0 Å². The minimum atomic E-state index is -0.553. The van der Waals surface area contributed by atoms with Gasteiger partial charge in [0.2, 0.25) is 0 Å². The lowest BCUT2D eigenvalue weighted by Gasteiger charge is -2.05. The molecule has 0 atom stereocenters. The molecule has 2 N–H and O–H groups in total. The van der Waals surface area contributed by atoms with Crippen LogP contribution in [0, 0.1) is 10.1 Å². The van der Waals surface area contributed by atoms with Gasteiger partial charge in [-0.05, 0) is 18.2 Å². The molecule has 92 valence electrons. The number of non-ortho nitro benzene ring substituents is 1. The van der Waals surface area contributed by atoms with Gasteiger partial charge < -0.3 is 10.3 Å². The number of hydrogen-bond acceptors (Lipinski definition) is 3. The number of aromatic amines is 1. The van der Waals surface area contributed by atoms with Gasteiger partial charge in [0.1, 0.15) is 5.69 Å². The van der Waals surface area contributed by atoms with Crippen LogP contribution in [0.3, 0.4) is 0 Å². The number of aromatic nitrogens is 1. The molecule has 1 heterocycles. The molecule has 1 amide bonds. The predicted molar refractivity (Wildman–Crippen MR) is 66.9 cm³/mol. The van der Waals surface area contributed by atoms with Gasteiger partial charge in [-0.1, -0.05) is 11.6 Å². The Morgan fingerprint density at radius 3 is 2.72 bits per heavy atom. The van der Waals surface area contributed by atoms with Gasteiger partial charge in [0.25, 0.3) is 11.6 Å². The number of nitro groups is 1. The smallest absolute Gasteiger partial charge is 0.272 e. The first-order valence-electron chi connectivity index (χ1n) is 4.96. The molecule has 2 rings (SSSR count). The maximum Gasteiger partial charge on any atom is 0.272 e. The Hall–Kier alpha value is -2.34. The van der Waals surface area contributed by atoms with Crippen molar-refractivity contribution < 1.29 is 9.72 Å². The van der Waals surface area contributed by atoms with Gasteiger partial charge in [0.05, 0.1) is 15.6 Å². The summed E-state index contributed by atoms with van der Waals surface area (Å²) in [5.74, 6) is -0.365. The van der Waals surface area contributed by atoms with Crippen LogP contribution >= 0.6 is 11.6 Å². The van der Waals surface area contributed by atoms with Gasteiger partial charge in [-0.15, -0.1) is 0 Å². The molecule has 0 aliphatic rings. The van der Waals surface area contributed by atoms with Crippen molar-refractivity contribution in [2.45, 2.75) is 0 Å². The Morgan fingerprint density at radius 2 is 2.17 bits per heavy atom. The Labute approximate surface area is 107 Å². The Balaban J connectivity index is 2.20. The lowest BCUT2D eigenvalue weighted by atomic mass is 10.2. The number of carbonyl (C=O) groups is 1. The van der Waals surface area contributed by atoms with Gasteiger partial charge in [-0.25, -0.2) is 0 Å². The van der Waals surface area contributed by atoms with E-state index >= 15 is 0 Å². The van der Waals surface area contributed by atoms with Crippen molar-refractivity contribution >= 4 is 28.9 Å². The highest BCUT2D eigenvalue weighted by molar-refractivity contribution is 6.34. The SMILES string of the molecule is O=C(Nc1ccc([N+](=O)[O-])cc1Cl)c1ccc[nH]1. The van der Waals surface area contributed by atoms with E-state index in [4.69, 9.17) is 11.6 Å². The van der Waals surface area contributed by atoms with Crippen molar-refractivity contribution in [3.63, 3.8) is 0 Å². The van der Waals surface area contributed by atoms with E-state index in [1.165, 1.54) is 18.2 Å². The molecule has 1 aromatic carbocycles. The summed E-state index contributed by atoms with van der Waals surface area (Å²) in [6.45, 7) is 0. The number of H-pyrrole nitrogens is 1. The fraction of sp³-hybridized carbons (Fsp3) is 0. The van der Waals surface area contributed by atoms with Gasteiger partial charge in [0, 0.05) is 18.3 Å². The Morgan fingerprint density at radius 1 is 1.39 bits per heavy atom. The molecule has 0 aliphatic heterocycles. The Kier molecular flexibility index (Phi) is 3.29. The largest absolute Gasteiger partial charge is 0.357 e. The fourth-order valence-electron chi connectivity index (χ4n) is 1.38. The van der Waals surface area contributed by atoms with Crippen molar-refractivity contribution in [2.75, 3.05) is 5.32 Å². The molecule has 0 fully saturated rings. The summed E-state index contributed by atoms with van der Waals surface area (Å²) in [5.41, 5.74) is 0.573. The molecule has 0 bridgehead atoms. The molecular formula is C11H8ClN3O3. The van der Waals surface area contributed by atoms with E-state index in [1.54, 1.807) is 18.3 Å². The second kappa shape index (κ2) is 4.89. The molecule has 0 aliphatic carbocycles. The minimum absolute atomic E-state index is 0.115. The van der Waals surface area contributed by atoms with Crippen molar-refractivity contribution in [3.05, 3.63) is 57.4 Å². The Bertz CT molecular complexity index is 596. The number of carbonyl (C=O) groups excluding carboxylic acids is 1. The average molecular weight is 266 g/mol. The van der Waals surface area contributed by atoms with Crippen LogP contribution in [0.2, 0.25) is 5.02 Å². The first kappa shape index (κ1) is 12.1. The number of nitrogens with zero attached hydrogens (tertiary/aromatic N) is 1. The molecule has 0 unspecified atom stereocenters. The maximum atomic E-state index is 11.7. The highest BCUT2D eigenvalue weighted by Gasteiger charge is 2.12. The van der Waals surface area contributed by atoms with Crippen LogP contribution in [-0.2, 0) is 0 Å². The zero-order chi connectivity index (χ0) is 13.1. The maximum absolute atomic E-state index is 11.7. The molecule has 0 saturated carbocycles. The summed E-state index contributed by atoms with van der Waals surface area (Å²) in [6.07, 6.45) is 1.62. The molecule has 2 aromatic rings. The third-order valence-corrected chi connectivity index (χ3v) is 2.57. The summed E-state index contributed by atoms with van der Waals surface area (Å²) >= 11 is 5.85. The van der Waals surface area contributed by atoms with E-state index < -0.39 is 4.92 Å². The molecule has 0 radical (unpaired) electrons. The first-order chi connectivity index (χ1) is 8.58. The standard InChI is InChI=1S/C11H8ClN3O3/c12-8-6-7(15(17)18)3-4-9(8)14-11(16)10-2-1-5-13-10/h1-6,13H,(H,14,16). The fourth-order valence-corrected chi connectivity index (χ4v) is 1.60. The van der Waals surface area contributed by atoms with E-state index in [9.17, 15) is 14.9 Å². The number of rotatable bonds is 3. The van der Waals surface area contributed by atoms with Crippen LogP contribution in [0.4, 0.5) is 11.4 Å². The van der Waals surface area contributed by atoms with Crippen LogP contribution in [0.1, 0.15) is 10.5 Å². The summed E-state index contributed by atoms with van der Waals surface area (Å²) in [6, 6.07) is 7.14. The number of anilines is 1. The zero-order valence-electron chi connectivity index (χ0n) is 9.01. The summed E-state index contributed by atoms with van der Waals surface area (Å²) in [4.78, 5) is 24.4. The van der Waals surface area contributed by atoms with Crippen LogP contribution in [0.5, 0.6) is 0 Å². The number of benzene rings is 1. The molecule has 1 aromatic heterocycles. The van der Waals surface area contributed by atoms with E-state index in [2.05, 4.69) is 10.3 Å². The molecule has 6 nitrogen and oxygen atoms in total. The minimum Gasteiger partial charge on any atom is -0.357 e. The quantitative estimate of drug-likeness (QED) is 0.661. The molecule has 0 saturated heterocycles. The van der Waals surface area contributed by atoms with Crippen LogP contribution in [0.25, 0.3) is 0 Å². The van der Waals surface area contributed by atoms with Crippen LogP contribution in [0.15, 0.2) is 36.5 Å². The van der Waals surface area contributed by atoms with E-state index in [0.717, 1.165) is 0 Å². The number of hydrogen-bond donors (Lipinski definition) is 2. The molecular weight excluding hydrogens is 258 g/mol. The van der Waals surface area contributed by atoms with Gasteiger partial charge in [-0.2, -0.15) is 0 Å². The van der Waals surface area contributed by atoms with Crippen LogP contribution in [-0.4, -0.2) is 15.8 Å². The normalized spacial score (nSPS) is 10.1. The molecule has 7 heteroatoms. The number of nitro benzene ring substituents is 1. The van der Waals surface area contributed by atoms with Crippen molar-refractivity contribution in [1.29, 1.82) is 0 Å². The van der Waals surface area contributed by atoms with Crippen LogP contribution < -0.4 is 5.32 Å². The average Bonchev–Trinajstić information content (AvgIpc) is 2.85. The van der Waals surface area contributed by atoms with E-state index in [-0.39, 0.29) is 16.6 Å². The summed E-state index contributed by atoms with van der Waals surface area (Å²) in [5, 5.41) is 13.2. The van der Waals surface area contributed by atoms with Crippen molar-refractivity contribution in [3.8, 4) is 0 Å². The molecule has 0 spiro atoms. The second-order valence-electron chi connectivity index (χ2n) is 3.46. The topological polar surface area (TPSA) is 88.0 Å². The van der Waals surface area contributed by atoms with E-state index in [0.29, 0.717) is 11.4 Å². The first-order valence-corrected chi connectivity index (χ1v) is 5.34.